The summed E-state index contributed by atoms with van der Waals surface area (Å²) < 4.78 is 11.4. The molecule has 0 atom stereocenters. The molecule has 2 aromatic carbocycles. The second-order valence-electron chi connectivity index (χ2n) is 10.7. The lowest BCUT2D eigenvalue weighted by Gasteiger charge is -2.25. The summed E-state index contributed by atoms with van der Waals surface area (Å²) in [6, 6.07) is 16.6. The molecular weight excluding hydrogens is 528 g/mol. The Balaban J connectivity index is 1.36. The topological polar surface area (TPSA) is 91.2 Å². The van der Waals surface area contributed by atoms with Crippen LogP contribution >= 0.6 is 0 Å². The van der Waals surface area contributed by atoms with Crippen molar-refractivity contribution in [2.45, 2.75) is 27.7 Å². The van der Waals surface area contributed by atoms with Crippen LogP contribution in [0.1, 0.15) is 22.3 Å². The Labute approximate surface area is 249 Å². The van der Waals surface area contributed by atoms with Crippen LogP contribution in [0.2, 0.25) is 0 Å². The summed E-state index contributed by atoms with van der Waals surface area (Å²) in [5.74, 6) is 1.64. The summed E-state index contributed by atoms with van der Waals surface area (Å²) in [6.07, 6.45) is 3.83. The van der Waals surface area contributed by atoms with Gasteiger partial charge in [0.05, 0.1) is 48.4 Å². The number of benzene rings is 2. The lowest BCUT2D eigenvalue weighted by Crippen LogP contribution is -2.30. The van der Waals surface area contributed by atoms with Gasteiger partial charge >= 0.3 is 0 Å². The van der Waals surface area contributed by atoms with E-state index in [4.69, 9.17) is 29.7 Å². The number of aliphatic hydroxyl groups excluding tert-OH is 2. The molecule has 0 amide bonds. The molecule has 0 unspecified atom stereocenters. The highest BCUT2D eigenvalue weighted by molar-refractivity contribution is 5.67. The van der Waals surface area contributed by atoms with E-state index in [1.54, 1.807) is 0 Å². The van der Waals surface area contributed by atoms with E-state index in [9.17, 15) is 0 Å². The highest BCUT2D eigenvalue weighted by Crippen LogP contribution is 2.31. The molecule has 0 saturated heterocycles. The number of hydrogen-bond acceptors (Lipinski definition) is 8. The van der Waals surface area contributed by atoms with Crippen molar-refractivity contribution in [1.29, 1.82) is 0 Å². The lowest BCUT2D eigenvalue weighted by molar-refractivity contribution is 0.200. The third-order valence-electron chi connectivity index (χ3n) is 7.34. The second kappa shape index (κ2) is 14.2. The quantitative estimate of drug-likeness (QED) is 0.222. The summed E-state index contributed by atoms with van der Waals surface area (Å²) in [5.41, 5.74) is 10.1. The maximum absolute atomic E-state index is 9.08. The number of ether oxygens (including phenoxy) is 2. The Hall–Kier alpha value is -4.14. The largest absolute Gasteiger partial charge is 0.491 e. The third kappa shape index (κ3) is 7.38. The number of rotatable bonds is 13. The van der Waals surface area contributed by atoms with Crippen LogP contribution in [0.15, 0.2) is 60.9 Å². The van der Waals surface area contributed by atoms with Gasteiger partial charge in [-0.15, -0.1) is 0 Å². The van der Waals surface area contributed by atoms with Gasteiger partial charge in [-0.1, -0.05) is 0 Å². The number of hydrogen-bond donors (Lipinski definition) is 2. The summed E-state index contributed by atoms with van der Waals surface area (Å²) in [4.78, 5) is 13.9. The van der Waals surface area contributed by atoms with Crippen LogP contribution in [0.25, 0.3) is 22.5 Å². The molecular formula is C34H42N4O4. The first-order valence-electron chi connectivity index (χ1n) is 14.3. The van der Waals surface area contributed by atoms with Gasteiger partial charge in [-0.2, -0.15) is 0 Å². The molecule has 0 radical (unpaired) electrons. The standard InChI is InChI=1S/C34H42N4O4/c1-23-17-27(18-24(2)33(23)41-15-13-39)31-9-7-29(21-35-31)37(5)11-12-38(6)30-8-10-32(36-22-30)28-19-25(3)34(26(4)20-28)42-16-14-40/h7-10,17-22,39-40H,11-16H2,1-6H3. The van der Waals surface area contributed by atoms with E-state index in [0.29, 0.717) is 0 Å². The Morgan fingerprint density at radius 2 is 0.952 bits per heavy atom. The molecule has 222 valence electrons. The molecule has 0 aliphatic heterocycles. The van der Waals surface area contributed by atoms with E-state index >= 15 is 0 Å². The SMILES string of the molecule is Cc1cc(-c2ccc(N(C)CCN(C)c3ccc(-c4cc(C)c(OCCO)c(C)c4)nc3)cn2)cc(C)c1OCCO. The van der Waals surface area contributed by atoms with Gasteiger partial charge in [0.15, 0.2) is 0 Å². The Morgan fingerprint density at radius 3 is 1.24 bits per heavy atom. The maximum atomic E-state index is 9.08. The van der Waals surface area contributed by atoms with Crippen LogP contribution in [0, 0.1) is 27.7 Å². The fourth-order valence-corrected chi connectivity index (χ4v) is 5.07. The highest BCUT2D eigenvalue weighted by atomic mass is 16.5. The summed E-state index contributed by atoms with van der Waals surface area (Å²) in [7, 11) is 4.15. The molecule has 4 rings (SSSR count). The molecule has 0 saturated carbocycles. The van der Waals surface area contributed by atoms with Crippen LogP contribution in [-0.2, 0) is 0 Å². The molecule has 0 bridgehead atoms. The fraction of sp³-hybridized carbons (Fsp3) is 0.353. The predicted molar refractivity (Wildman–Crippen MR) is 170 cm³/mol. The third-order valence-corrected chi connectivity index (χ3v) is 7.34. The van der Waals surface area contributed by atoms with E-state index in [1.165, 1.54) is 0 Å². The Kier molecular flexibility index (Phi) is 10.4. The van der Waals surface area contributed by atoms with Gasteiger partial charge in [0.2, 0.25) is 0 Å². The van der Waals surface area contributed by atoms with Gasteiger partial charge in [0.25, 0.3) is 0 Å². The van der Waals surface area contributed by atoms with E-state index in [-0.39, 0.29) is 26.4 Å². The molecule has 8 heteroatoms. The van der Waals surface area contributed by atoms with E-state index in [1.807, 2.05) is 40.1 Å². The van der Waals surface area contributed by atoms with Gasteiger partial charge in [-0.25, -0.2) is 0 Å². The molecule has 0 fully saturated rings. The molecule has 0 aliphatic carbocycles. The number of aromatic nitrogens is 2. The van der Waals surface area contributed by atoms with Gasteiger partial charge in [-0.3, -0.25) is 9.97 Å². The summed E-state index contributed by atoms with van der Waals surface area (Å²) >= 11 is 0. The van der Waals surface area contributed by atoms with Crippen LogP contribution in [0.4, 0.5) is 11.4 Å². The summed E-state index contributed by atoms with van der Waals surface area (Å²) in [6.45, 7) is 10.3. The van der Waals surface area contributed by atoms with Gasteiger partial charge in [0.1, 0.15) is 24.7 Å². The minimum atomic E-state index is -0.00518. The zero-order valence-electron chi connectivity index (χ0n) is 25.5. The number of nitrogens with zero attached hydrogens (tertiary/aromatic N) is 4. The number of likely N-dealkylation sites (N-methyl/N-ethyl adjacent to an activating group) is 2. The normalized spacial score (nSPS) is 11.0. The second-order valence-corrected chi connectivity index (χ2v) is 10.7. The van der Waals surface area contributed by atoms with Crippen LogP contribution in [0.5, 0.6) is 11.5 Å². The van der Waals surface area contributed by atoms with E-state index in [2.05, 4.69) is 72.4 Å². The summed E-state index contributed by atoms with van der Waals surface area (Å²) in [5, 5.41) is 18.2. The molecule has 8 nitrogen and oxygen atoms in total. The first-order valence-corrected chi connectivity index (χ1v) is 14.3. The fourth-order valence-electron chi connectivity index (χ4n) is 5.07. The van der Waals surface area contributed by atoms with Crippen LogP contribution in [-0.4, -0.2) is 73.8 Å². The molecule has 2 N–H and O–H groups in total. The minimum absolute atomic E-state index is 0.00518. The number of aryl methyl sites for hydroxylation is 4. The average Bonchev–Trinajstić information content (AvgIpc) is 2.99. The number of aliphatic hydroxyl groups is 2. The van der Waals surface area contributed by atoms with Crippen molar-refractivity contribution >= 4 is 11.4 Å². The monoisotopic (exact) mass is 570 g/mol. The van der Waals surface area contributed by atoms with Crippen molar-refractivity contribution in [2.75, 3.05) is 63.4 Å². The highest BCUT2D eigenvalue weighted by Gasteiger charge is 2.12. The molecule has 42 heavy (non-hydrogen) atoms. The van der Waals surface area contributed by atoms with Crippen molar-refractivity contribution in [2.24, 2.45) is 0 Å². The molecule has 2 aromatic heterocycles. The van der Waals surface area contributed by atoms with Gasteiger partial charge in [0, 0.05) is 38.3 Å². The van der Waals surface area contributed by atoms with Crippen LogP contribution < -0.4 is 19.3 Å². The Bertz CT molecular complexity index is 1310. The molecule has 0 aliphatic rings. The van der Waals surface area contributed by atoms with Gasteiger partial charge in [-0.05, 0) is 98.5 Å². The lowest BCUT2D eigenvalue weighted by atomic mass is 10.0. The van der Waals surface area contributed by atoms with Crippen molar-refractivity contribution in [3.63, 3.8) is 0 Å². The van der Waals surface area contributed by atoms with Crippen LogP contribution in [0.3, 0.4) is 0 Å². The predicted octanol–water partition coefficient (Wildman–Crippen LogP) is 5.36. The first kappa shape index (κ1) is 30.8. The molecule has 2 heterocycles. The van der Waals surface area contributed by atoms with Gasteiger partial charge < -0.3 is 29.5 Å². The zero-order chi connectivity index (χ0) is 30.2. The van der Waals surface area contributed by atoms with E-state index < -0.39 is 0 Å². The smallest absolute Gasteiger partial charge is 0.125 e. The average molecular weight is 571 g/mol. The Morgan fingerprint density at radius 1 is 0.595 bits per heavy atom. The number of pyridine rings is 2. The number of anilines is 2. The molecule has 4 aromatic rings. The van der Waals surface area contributed by atoms with E-state index in [0.717, 1.165) is 80.7 Å². The minimum Gasteiger partial charge on any atom is -0.491 e. The maximum Gasteiger partial charge on any atom is 0.125 e. The van der Waals surface area contributed by atoms with Crippen molar-refractivity contribution in [3.8, 4) is 34.0 Å². The molecule has 0 spiro atoms. The zero-order valence-corrected chi connectivity index (χ0v) is 25.5. The first-order chi connectivity index (χ1) is 20.2. The van der Waals surface area contributed by atoms with Crippen molar-refractivity contribution in [3.05, 3.63) is 83.2 Å². The van der Waals surface area contributed by atoms with Crippen molar-refractivity contribution < 1.29 is 19.7 Å². The van der Waals surface area contributed by atoms with Crippen molar-refractivity contribution in [1.82, 2.24) is 9.97 Å².